The number of ether oxygens (including phenoxy) is 1. The van der Waals surface area contributed by atoms with Crippen LogP contribution in [-0.2, 0) is 22.6 Å². The maximum atomic E-state index is 12.0. The number of carbonyl (C=O) groups is 1. The number of rotatable bonds is 4. The first-order chi connectivity index (χ1) is 10.2. The van der Waals surface area contributed by atoms with Gasteiger partial charge < -0.3 is 19.1 Å². The molecule has 3 heterocycles. The van der Waals surface area contributed by atoms with Gasteiger partial charge in [-0.2, -0.15) is 0 Å². The summed E-state index contributed by atoms with van der Waals surface area (Å²) in [6.07, 6.45) is 6.07. The number of nitrogens with zero attached hydrogens (tertiary/aromatic N) is 4. The first-order valence-electron chi connectivity index (χ1n) is 7.75. The minimum atomic E-state index is 0.137. The second kappa shape index (κ2) is 6.58. The van der Waals surface area contributed by atoms with Gasteiger partial charge >= 0.3 is 0 Å². The molecule has 3 rings (SSSR count). The van der Waals surface area contributed by atoms with Crippen molar-refractivity contribution >= 4 is 5.91 Å². The molecule has 6 nitrogen and oxygen atoms in total. The van der Waals surface area contributed by atoms with Crippen LogP contribution in [0.1, 0.15) is 18.5 Å². The van der Waals surface area contributed by atoms with Gasteiger partial charge in [0.1, 0.15) is 6.61 Å². The van der Waals surface area contributed by atoms with Gasteiger partial charge in [0.05, 0.1) is 18.6 Å². The molecule has 116 valence electrons. The van der Waals surface area contributed by atoms with Crippen LogP contribution in [0, 0.1) is 5.92 Å². The molecule has 1 aromatic heterocycles. The van der Waals surface area contributed by atoms with Crippen molar-refractivity contribution in [2.75, 3.05) is 39.9 Å². The molecule has 0 spiro atoms. The highest BCUT2D eigenvalue weighted by atomic mass is 16.5. The standard InChI is InChI=1S/C15H24N4O2/c1-17-7-13(8-19-12-16-6-14(19)9-17)10-21-11-15(20)18-4-2-3-5-18/h6,12-13H,2-5,7-11H2,1H3. The highest BCUT2D eigenvalue weighted by Gasteiger charge is 2.21. The zero-order chi connectivity index (χ0) is 14.7. The second-order valence-electron chi connectivity index (χ2n) is 6.20. The summed E-state index contributed by atoms with van der Waals surface area (Å²) >= 11 is 0. The number of hydrogen-bond acceptors (Lipinski definition) is 4. The van der Waals surface area contributed by atoms with Crippen molar-refractivity contribution in [2.24, 2.45) is 5.92 Å². The Bertz CT molecular complexity index is 482. The van der Waals surface area contributed by atoms with E-state index in [-0.39, 0.29) is 12.5 Å². The Morgan fingerprint density at radius 3 is 3.00 bits per heavy atom. The van der Waals surface area contributed by atoms with Gasteiger partial charge in [0.2, 0.25) is 5.91 Å². The van der Waals surface area contributed by atoms with E-state index >= 15 is 0 Å². The first-order valence-corrected chi connectivity index (χ1v) is 7.75. The Hall–Kier alpha value is -1.40. The van der Waals surface area contributed by atoms with Crippen LogP contribution in [0.15, 0.2) is 12.5 Å². The van der Waals surface area contributed by atoms with Crippen molar-refractivity contribution in [1.29, 1.82) is 0 Å². The summed E-state index contributed by atoms with van der Waals surface area (Å²) in [6.45, 7) is 5.46. The Labute approximate surface area is 125 Å². The molecular weight excluding hydrogens is 268 g/mol. The van der Waals surface area contributed by atoms with Crippen molar-refractivity contribution in [3.8, 4) is 0 Å². The fraction of sp³-hybridized carbons (Fsp3) is 0.733. The highest BCUT2D eigenvalue weighted by Crippen LogP contribution is 2.15. The fourth-order valence-corrected chi connectivity index (χ4v) is 3.24. The lowest BCUT2D eigenvalue weighted by atomic mass is 10.1. The van der Waals surface area contributed by atoms with Crippen molar-refractivity contribution < 1.29 is 9.53 Å². The summed E-state index contributed by atoms with van der Waals surface area (Å²) in [5.74, 6) is 0.537. The molecule has 0 N–H and O–H groups in total. The highest BCUT2D eigenvalue weighted by molar-refractivity contribution is 5.77. The molecule has 0 saturated carbocycles. The van der Waals surface area contributed by atoms with Crippen LogP contribution < -0.4 is 0 Å². The molecule has 6 heteroatoms. The monoisotopic (exact) mass is 292 g/mol. The molecule has 1 atom stereocenters. The molecule has 0 bridgehead atoms. The summed E-state index contributed by atoms with van der Waals surface area (Å²) in [7, 11) is 2.12. The van der Waals surface area contributed by atoms with E-state index < -0.39 is 0 Å². The maximum Gasteiger partial charge on any atom is 0.248 e. The van der Waals surface area contributed by atoms with Crippen LogP contribution in [0.2, 0.25) is 0 Å². The topological polar surface area (TPSA) is 50.6 Å². The summed E-state index contributed by atoms with van der Waals surface area (Å²) in [5, 5.41) is 0. The zero-order valence-corrected chi connectivity index (χ0v) is 12.7. The normalized spacial score (nSPS) is 23.1. The van der Waals surface area contributed by atoms with Gasteiger partial charge in [-0.05, 0) is 19.9 Å². The average Bonchev–Trinajstić information content (AvgIpc) is 3.09. The molecule has 0 aromatic carbocycles. The predicted molar refractivity (Wildman–Crippen MR) is 78.7 cm³/mol. The number of carbonyl (C=O) groups excluding carboxylic acids is 1. The second-order valence-corrected chi connectivity index (χ2v) is 6.20. The van der Waals surface area contributed by atoms with Gasteiger partial charge in [0.25, 0.3) is 0 Å². The summed E-state index contributed by atoms with van der Waals surface area (Å²) in [4.78, 5) is 20.4. The van der Waals surface area contributed by atoms with Gasteiger partial charge in [-0.25, -0.2) is 4.98 Å². The molecule has 1 unspecified atom stereocenters. The van der Waals surface area contributed by atoms with Crippen molar-refractivity contribution in [2.45, 2.75) is 25.9 Å². The maximum absolute atomic E-state index is 12.0. The van der Waals surface area contributed by atoms with Crippen LogP contribution in [-0.4, -0.2) is 65.2 Å². The Kier molecular flexibility index (Phi) is 4.55. The lowest BCUT2D eigenvalue weighted by molar-refractivity contribution is -0.135. The minimum Gasteiger partial charge on any atom is -0.371 e. The third-order valence-electron chi connectivity index (χ3n) is 4.29. The first kappa shape index (κ1) is 14.5. The van der Waals surface area contributed by atoms with Crippen molar-refractivity contribution in [1.82, 2.24) is 19.4 Å². The largest absolute Gasteiger partial charge is 0.371 e. The predicted octanol–water partition coefficient (Wildman–Crippen LogP) is 0.584. The average molecular weight is 292 g/mol. The number of hydrogen-bond donors (Lipinski definition) is 0. The number of amides is 1. The number of fused-ring (bicyclic) bond motifs is 1. The van der Waals surface area contributed by atoms with E-state index in [0.717, 1.165) is 45.6 Å². The summed E-state index contributed by atoms with van der Waals surface area (Å²) in [6, 6.07) is 0. The van der Waals surface area contributed by atoms with E-state index in [2.05, 4.69) is 21.5 Å². The molecule has 2 aliphatic rings. The molecule has 1 saturated heterocycles. The zero-order valence-electron chi connectivity index (χ0n) is 12.7. The van der Waals surface area contributed by atoms with Gasteiger partial charge in [0, 0.05) is 44.8 Å². The molecule has 1 fully saturated rings. The van der Waals surface area contributed by atoms with E-state index in [9.17, 15) is 4.79 Å². The van der Waals surface area contributed by atoms with Crippen LogP contribution in [0.5, 0.6) is 0 Å². The SMILES string of the molecule is CN1Cc2cncn2CC(COCC(=O)N2CCCC2)C1. The molecule has 2 aliphatic heterocycles. The van der Waals surface area contributed by atoms with Gasteiger partial charge in [-0.3, -0.25) is 4.79 Å². The summed E-state index contributed by atoms with van der Waals surface area (Å²) in [5.41, 5.74) is 1.24. The van der Waals surface area contributed by atoms with E-state index in [4.69, 9.17) is 4.74 Å². The van der Waals surface area contributed by atoms with Crippen LogP contribution in [0.25, 0.3) is 0 Å². The Balaban J connectivity index is 1.47. The molecule has 1 aromatic rings. The number of aromatic nitrogens is 2. The van der Waals surface area contributed by atoms with E-state index in [1.54, 1.807) is 0 Å². The van der Waals surface area contributed by atoms with Crippen LogP contribution >= 0.6 is 0 Å². The quantitative estimate of drug-likeness (QED) is 0.815. The molecule has 1 amide bonds. The fourth-order valence-electron chi connectivity index (χ4n) is 3.24. The Morgan fingerprint density at radius 2 is 2.19 bits per heavy atom. The molecule has 0 radical (unpaired) electrons. The van der Waals surface area contributed by atoms with Crippen molar-refractivity contribution in [3.05, 3.63) is 18.2 Å². The van der Waals surface area contributed by atoms with Crippen molar-refractivity contribution in [3.63, 3.8) is 0 Å². The lowest BCUT2D eigenvalue weighted by Crippen LogP contribution is -2.33. The summed E-state index contributed by atoms with van der Waals surface area (Å²) < 4.78 is 7.89. The lowest BCUT2D eigenvalue weighted by Gasteiger charge is -2.20. The molecule has 0 aliphatic carbocycles. The van der Waals surface area contributed by atoms with Gasteiger partial charge in [-0.1, -0.05) is 0 Å². The number of imidazole rings is 1. The van der Waals surface area contributed by atoms with E-state index in [0.29, 0.717) is 12.5 Å². The minimum absolute atomic E-state index is 0.137. The number of likely N-dealkylation sites (tertiary alicyclic amines) is 1. The third kappa shape index (κ3) is 3.63. The van der Waals surface area contributed by atoms with Gasteiger partial charge in [0.15, 0.2) is 0 Å². The van der Waals surface area contributed by atoms with Gasteiger partial charge in [-0.15, -0.1) is 0 Å². The third-order valence-corrected chi connectivity index (χ3v) is 4.29. The van der Waals surface area contributed by atoms with E-state index in [1.807, 2.05) is 17.4 Å². The van der Waals surface area contributed by atoms with Crippen LogP contribution in [0.3, 0.4) is 0 Å². The van der Waals surface area contributed by atoms with E-state index in [1.165, 1.54) is 5.69 Å². The smallest absolute Gasteiger partial charge is 0.248 e. The van der Waals surface area contributed by atoms with Crippen LogP contribution in [0.4, 0.5) is 0 Å². The molecular formula is C15H24N4O2. The Morgan fingerprint density at radius 1 is 1.38 bits per heavy atom. The molecule has 21 heavy (non-hydrogen) atoms.